The smallest absolute Gasteiger partial charge is 0.123 e. The molecule has 0 aromatic heterocycles. The van der Waals surface area contributed by atoms with Gasteiger partial charge in [0.05, 0.1) is 0 Å². The average molecular weight is 262 g/mol. The Bertz CT molecular complexity index is 417. The van der Waals surface area contributed by atoms with Crippen molar-refractivity contribution in [3.63, 3.8) is 0 Å². The zero-order chi connectivity index (χ0) is 13.2. The van der Waals surface area contributed by atoms with E-state index in [2.05, 4.69) is 4.90 Å². The van der Waals surface area contributed by atoms with Crippen LogP contribution in [0.15, 0.2) is 24.3 Å². The number of fused-ring (bicyclic) bond motifs is 1. The summed E-state index contributed by atoms with van der Waals surface area (Å²) in [5, 5.41) is 0. The lowest BCUT2D eigenvalue weighted by Crippen LogP contribution is -2.46. The van der Waals surface area contributed by atoms with Gasteiger partial charge in [-0.25, -0.2) is 4.39 Å². The topological polar surface area (TPSA) is 29.3 Å². The fourth-order valence-corrected chi connectivity index (χ4v) is 4.03. The molecule has 1 aliphatic heterocycles. The van der Waals surface area contributed by atoms with E-state index in [-0.39, 0.29) is 11.9 Å². The zero-order valence-corrected chi connectivity index (χ0v) is 11.4. The molecule has 0 amide bonds. The van der Waals surface area contributed by atoms with Crippen LogP contribution >= 0.6 is 0 Å². The van der Waals surface area contributed by atoms with Gasteiger partial charge in [-0.15, -0.1) is 0 Å². The van der Waals surface area contributed by atoms with Gasteiger partial charge in [0.15, 0.2) is 0 Å². The van der Waals surface area contributed by atoms with Crippen molar-refractivity contribution in [2.45, 2.75) is 44.2 Å². The average Bonchev–Trinajstić information content (AvgIpc) is 2.91. The number of hydrogen-bond acceptors (Lipinski definition) is 2. The van der Waals surface area contributed by atoms with Crippen LogP contribution in [-0.2, 0) is 0 Å². The Hall–Kier alpha value is -0.930. The molecule has 2 N–H and O–H groups in total. The first kappa shape index (κ1) is 13.1. The third-order valence-corrected chi connectivity index (χ3v) is 4.91. The van der Waals surface area contributed by atoms with Gasteiger partial charge >= 0.3 is 0 Å². The summed E-state index contributed by atoms with van der Waals surface area (Å²) in [6, 6.07) is 7.85. The van der Waals surface area contributed by atoms with Gasteiger partial charge in [-0.05, 0) is 55.8 Å². The minimum atomic E-state index is -0.170. The van der Waals surface area contributed by atoms with Crippen molar-refractivity contribution in [3.8, 4) is 0 Å². The van der Waals surface area contributed by atoms with Crippen molar-refractivity contribution < 1.29 is 4.39 Å². The van der Waals surface area contributed by atoms with Gasteiger partial charge in [0, 0.05) is 18.6 Å². The lowest BCUT2D eigenvalue weighted by Gasteiger charge is -2.42. The highest BCUT2D eigenvalue weighted by atomic mass is 19.1. The van der Waals surface area contributed by atoms with Crippen LogP contribution in [0.5, 0.6) is 0 Å². The summed E-state index contributed by atoms with van der Waals surface area (Å²) >= 11 is 0. The van der Waals surface area contributed by atoms with Gasteiger partial charge in [0.1, 0.15) is 5.82 Å². The van der Waals surface area contributed by atoms with Gasteiger partial charge in [0.25, 0.3) is 0 Å². The number of likely N-dealkylation sites (tertiary alicyclic amines) is 1. The molecule has 1 saturated carbocycles. The predicted octanol–water partition coefficient (Wildman–Crippen LogP) is 3.09. The molecule has 1 heterocycles. The number of benzene rings is 1. The van der Waals surface area contributed by atoms with Gasteiger partial charge < -0.3 is 5.73 Å². The summed E-state index contributed by atoms with van der Waals surface area (Å²) in [5.74, 6) is 0.695. The minimum absolute atomic E-state index is 0.170. The molecule has 3 unspecified atom stereocenters. The van der Waals surface area contributed by atoms with Crippen molar-refractivity contribution in [2.75, 3.05) is 13.1 Å². The van der Waals surface area contributed by atoms with E-state index in [1.165, 1.54) is 32.1 Å². The summed E-state index contributed by atoms with van der Waals surface area (Å²) in [4.78, 5) is 2.59. The maximum absolute atomic E-state index is 13.1. The summed E-state index contributed by atoms with van der Waals surface area (Å²) in [7, 11) is 0. The van der Waals surface area contributed by atoms with Crippen LogP contribution < -0.4 is 5.73 Å². The van der Waals surface area contributed by atoms with E-state index in [4.69, 9.17) is 5.73 Å². The molecule has 0 radical (unpaired) electrons. The minimum Gasteiger partial charge on any atom is -0.329 e. The summed E-state index contributed by atoms with van der Waals surface area (Å²) in [5.41, 5.74) is 7.18. The normalized spacial score (nSPS) is 29.2. The third kappa shape index (κ3) is 2.54. The lowest BCUT2D eigenvalue weighted by molar-refractivity contribution is 0.0701. The van der Waals surface area contributed by atoms with Crippen LogP contribution in [-0.4, -0.2) is 24.0 Å². The Morgan fingerprint density at radius 2 is 1.89 bits per heavy atom. The quantitative estimate of drug-likeness (QED) is 0.907. The van der Waals surface area contributed by atoms with Gasteiger partial charge in [-0.2, -0.15) is 0 Å². The van der Waals surface area contributed by atoms with Crippen molar-refractivity contribution in [1.29, 1.82) is 0 Å². The molecule has 3 rings (SSSR count). The highest BCUT2D eigenvalue weighted by Gasteiger charge is 2.38. The molecule has 1 saturated heterocycles. The van der Waals surface area contributed by atoms with Gasteiger partial charge in [-0.3, -0.25) is 4.90 Å². The fourth-order valence-electron chi connectivity index (χ4n) is 4.03. The molecule has 19 heavy (non-hydrogen) atoms. The number of piperidine rings is 1. The third-order valence-electron chi connectivity index (χ3n) is 4.91. The van der Waals surface area contributed by atoms with Gasteiger partial charge in [-0.1, -0.05) is 18.6 Å². The van der Waals surface area contributed by atoms with E-state index in [9.17, 15) is 4.39 Å². The van der Waals surface area contributed by atoms with E-state index in [1.54, 1.807) is 12.1 Å². The first-order valence-electron chi connectivity index (χ1n) is 7.51. The maximum Gasteiger partial charge on any atom is 0.123 e. The van der Waals surface area contributed by atoms with Crippen LogP contribution in [0.2, 0.25) is 0 Å². The van der Waals surface area contributed by atoms with E-state index in [1.807, 2.05) is 12.1 Å². The van der Waals surface area contributed by atoms with E-state index in [0.29, 0.717) is 12.6 Å². The van der Waals surface area contributed by atoms with E-state index >= 15 is 0 Å². The molecule has 1 aromatic rings. The summed E-state index contributed by atoms with van der Waals surface area (Å²) in [6.45, 7) is 1.76. The highest BCUT2D eigenvalue weighted by molar-refractivity contribution is 5.21. The molecule has 0 spiro atoms. The Kier molecular flexibility index (Phi) is 3.85. The molecule has 3 atom stereocenters. The molecule has 1 aromatic carbocycles. The van der Waals surface area contributed by atoms with Crippen LogP contribution in [0.4, 0.5) is 4.39 Å². The Labute approximate surface area is 114 Å². The van der Waals surface area contributed by atoms with Crippen LogP contribution in [0.3, 0.4) is 0 Å². The number of rotatable bonds is 3. The maximum atomic E-state index is 13.1. The standard InChI is InChI=1S/C16H23FN2/c17-14-8-6-13(7-9-14)16(11-18)19-10-2-4-12-3-1-5-15(12)19/h6-9,12,15-16H,1-5,10-11,18H2. The molecule has 3 heteroatoms. The van der Waals surface area contributed by atoms with Crippen LogP contribution in [0, 0.1) is 11.7 Å². The van der Waals surface area contributed by atoms with Crippen LogP contribution in [0.25, 0.3) is 0 Å². The van der Waals surface area contributed by atoms with Crippen molar-refractivity contribution in [3.05, 3.63) is 35.6 Å². The second-order valence-electron chi connectivity index (χ2n) is 5.94. The Balaban J connectivity index is 1.82. The second kappa shape index (κ2) is 5.59. The van der Waals surface area contributed by atoms with Crippen molar-refractivity contribution in [1.82, 2.24) is 4.90 Å². The molecular weight excluding hydrogens is 239 g/mol. The first-order chi connectivity index (χ1) is 9.29. The molecule has 2 fully saturated rings. The predicted molar refractivity (Wildman–Crippen MR) is 75.3 cm³/mol. The number of nitrogens with zero attached hydrogens (tertiary/aromatic N) is 1. The van der Waals surface area contributed by atoms with E-state index < -0.39 is 0 Å². The number of hydrogen-bond donors (Lipinski definition) is 1. The monoisotopic (exact) mass is 262 g/mol. The zero-order valence-electron chi connectivity index (χ0n) is 11.4. The summed E-state index contributed by atoms with van der Waals surface area (Å²) in [6.07, 6.45) is 6.69. The number of nitrogens with two attached hydrogens (primary N) is 1. The molecule has 1 aliphatic carbocycles. The lowest BCUT2D eigenvalue weighted by atomic mass is 9.89. The Morgan fingerprint density at radius 3 is 2.63 bits per heavy atom. The van der Waals surface area contributed by atoms with Crippen molar-refractivity contribution >= 4 is 0 Å². The molecule has 2 nitrogen and oxygen atoms in total. The number of halogens is 1. The second-order valence-corrected chi connectivity index (χ2v) is 5.94. The molecule has 104 valence electrons. The van der Waals surface area contributed by atoms with Crippen molar-refractivity contribution in [2.24, 2.45) is 11.7 Å². The van der Waals surface area contributed by atoms with Gasteiger partial charge in [0.2, 0.25) is 0 Å². The first-order valence-corrected chi connectivity index (χ1v) is 7.51. The molecular formula is C16H23FN2. The van der Waals surface area contributed by atoms with Crippen LogP contribution in [0.1, 0.15) is 43.7 Å². The summed E-state index contributed by atoms with van der Waals surface area (Å²) < 4.78 is 13.1. The SMILES string of the molecule is NCC(c1ccc(F)cc1)N1CCCC2CCCC21. The fraction of sp³-hybridized carbons (Fsp3) is 0.625. The largest absolute Gasteiger partial charge is 0.329 e. The van der Waals surface area contributed by atoms with E-state index in [0.717, 1.165) is 18.0 Å². The molecule has 2 aliphatic rings. The molecule has 0 bridgehead atoms. The Morgan fingerprint density at radius 1 is 1.16 bits per heavy atom. The highest BCUT2D eigenvalue weighted by Crippen LogP contribution is 2.40.